The predicted octanol–water partition coefficient (Wildman–Crippen LogP) is 1.78. The third kappa shape index (κ3) is 1.36. The molecule has 0 aliphatic carbocycles. The van der Waals surface area contributed by atoms with Crippen LogP contribution in [0.15, 0.2) is 30.5 Å². The topological polar surface area (TPSA) is 29.9 Å². The first kappa shape index (κ1) is 8.68. The summed E-state index contributed by atoms with van der Waals surface area (Å²) < 4.78 is 1.99. The fourth-order valence-corrected chi connectivity index (χ4v) is 2.00. The van der Waals surface area contributed by atoms with Crippen LogP contribution in [0.5, 0.6) is 0 Å². The number of para-hydroxylation sites is 1. The Morgan fingerprint density at radius 3 is 2.93 bits per heavy atom. The molecule has 2 aromatic rings. The van der Waals surface area contributed by atoms with Gasteiger partial charge in [0.25, 0.3) is 0 Å². The minimum atomic E-state index is 0.897. The quantitative estimate of drug-likeness (QED) is 0.758. The molecule has 1 aromatic heterocycles. The van der Waals surface area contributed by atoms with Gasteiger partial charge in [0.15, 0.2) is 0 Å². The molecule has 1 N–H and O–H groups in total. The lowest BCUT2D eigenvalue weighted by molar-refractivity contribution is 0.720. The van der Waals surface area contributed by atoms with Crippen LogP contribution >= 0.6 is 0 Å². The number of hydrogen-bond acceptors (Lipinski definition) is 2. The van der Waals surface area contributed by atoms with E-state index in [-0.39, 0.29) is 0 Å². The lowest BCUT2D eigenvalue weighted by Gasteiger charge is -2.05. The molecule has 0 fully saturated rings. The number of hydrogen-bond donors (Lipinski definition) is 1. The summed E-state index contributed by atoms with van der Waals surface area (Å²) in [5, 5.41) is 7.86. The molecule has 3 heteroatoms. The Hall–Kier alpha value is -1.61. The normalized spacial score (nSPS) is 14.2. The molecule has 0 amide bonds. The second-order valence-corrected chi connectivity index (χ2v) is 3.94. The minimum absolute atomic E-state index is 0.897. The van der Waals surface area contributed by atoms with Gasteiger partial charge in [0.05, 0.1) is 11.4 Å². The number of rotatable bonds is 1. The van der Waals surface area contributed by atoms with Crippen LogP contribution in [-0.4, -0.2) is 9.78 Å². The first-order valence-corrected chi connectivity index (χ1v) is 5.19. The third-order valence-corrected chi connectivity index (χ3v) is 2.85. The van der Waals surface area contributed by atoms with Gasteiger partial charge in [-0.1, -0.05) is 18.2 Å². The Morgan fingerprint density at radius 1 is 1.27 bits per heavy atom. The molecule has 3 rings (SSSR count). The number of fused-ring (bicyclic) bond motifs is 1. The Bertz CT molecular complexity index is 478. The van der Waals surface area contributed by atoms with E-state index in [0.717, 1.165) is 13.1 Å². The summed E-state index contributed by atoms with van der Waals surface area (Å²) in [4.78, 5) is 0. The largest absolute Gasteiger partial charge is 0.307 e. The molecular weight excluding hydrogens is 186 g/mol. The second-order valence-electron chi connectivity index (χ2n) is 3.94. The zero-order valence-corrected chi connectivity index (χ0v) is 8.70. The highest BCUT2D eigenvalue weighted by molar-refractivity contribution is 5.40. The number of aryl methyl sites for hydroxylation is 1. The maximum absolute atomic E-state index is 4.58. The van der Waals surface area contributed by atoms with Gasteiger partial charge in [-0.15, -0.1) is 0 Å². The van der Waals surface area contributed by atoms with Gasteiger partial charge < -0.3 is 5.32 Å². The molecule has 1 aliphatic rings. The second kappa shape index (κ2) is 3.21. The van der Waals surface area contributed by atoms with E-state index >= 15 is 0 Å². The Kier molecular flexibility index (Phi) is 1.86. The van der Waals surface area contributed by atoms with Crippen LogP contribution in [0.4, 0.5) is 0 Å². The average molecular weight is 199 g/mol. The smallest absolute Gasteiger partial charge is 0.0811 e. The molecule has 76 valence electrons. The predicted molar refractivity (Wildman–Crippen MR) is 58.8 cm³/mol. The maximum Gasteiger partial charge on any atom is 0.0811 e. The van der Waals surface area contributed by atoms with Crippen molar-refractivity contribution >= 4 is 0 Å². The molecule has 0 spiro atoms. The van der Waals surface area contributed by atoms with Gasteiger partial charge in [-0.3, -0.25) is 0 Å². The summed E-state index contributed by atoms with van der Waals surface area (Å²) in [6.45, 7) is 3.95. The molecule has 15 heavy (non-hydrogen) atoms. The van der Waals surface area contributed by atoms with Crippen molar-refractivity contribution in [1.29, 1.82) is 0 Å². The summed E-state index contributed by atoms with van der Waals surface area (Å²) in [7, 11) is 0. The van der Waals surface area contributed by atoms with E-state index in [0.29, 0.717) is 0 Å². The summed E-state index contributed by atoms with van der Waals surface area (Å²) in [5.74, 6) is 0. The minimum Gasteiger partial charge on any atom is -0.307 e. The van der Waals surface area contributed by atoms with E-state index in [1.165, 1.54) is 22.5 Å². The van der Waals surface area contributed by atoms with Gasteiger partial charge >= 0.3 is 0 Å². The monoisotopic (exact) mass is 199 g/mol. The van der Waals surface area contributed by atoms with E-state index in [2.05, 4.69) is 41.7 Å². The molecule has 0 saturated carbocycles. The van der Waals surface area contributed by atoms with E-state index in [4.69, 9.17) is 0 Å². The Morgan fingerprint density at radius 2 is 2.13 bits per heavy atom. The summed E-state index contributed by atoms with van der Waals surface area (Å²) in [6.07, 6.45) is 2.12. The molecule has 0 radical (unpaired) electrons. The van der Waals surface area contributed by atoms with E-state index < -0.39 is 0 Å². The number of nitrogens with zero attached hydrogens (tertiary/aromatic N) is 2. The van der Waals surface area contributed by atoms with Crippen LogP contribution in [0.3, 0.4) is 0 Å². The number of benzene rings is 1. The van der Waals surface area contributed by atoms with Crippen molar-refractivity contribution in [2.75, 3.05) is 0 Å². The summed E-state index contributed by atoms with van der Waals surface area (Å²) in [5.41, 5.74) is 4.93. The highest BCUT2D eigenvalue weighted by Gasteiger charge is 2.15. The van der Waals surface area contributed by atoms with Crippen LogP contribution in [0, 0.1) is 6.92 Å². The molecule has 0 bridgehead atoms. The lowest BCUT2D eigenvalue weighted by atomic mass is 10.2. The Balaban J connectivity index is 2.10. The fourth-order valence-electron chi connectivity index (χ4n) is 2.00. The van der Waals surface area contributed by atoms with Gasteiger partial charge in [0.2, 0.25) is 0 Å². The number of aromatic nitrogens is 2. The van der Waals surface area contributed by atoms with Crippen LogP contribution in [0.2, 0.25) is 0 Å². The van der Waals surface area contributed by atoms with Gasteiger partial charge in [-0.25, -0.2) is 4.68 Å². The summed E-state index contributed by atoms with van der Waals surface area (Å²) >= 11 is 0. The van der Waals surface area contributed by atoms with Crippen LogP contribution in [-0.2, 0) is 13.1 Å². The highest BCUT2D eigenvalue weighted by atomic mass is 15.3. The van der Waals surface area contributed by atoms with E-state index in [1.54, 1.807) is 0 Å². The third-order valence-electron chi connectivity index (χ3n) is 2.85. The molecule has 2 heterocycles. The highest BCUT2D eigenvalue weighted by Crippen LogP contribution is 2.18. The SMILES string of the molecule is Cc1ccccc1-n1cc2c(n1)CNC2. The molecule has 1 aliphatic heterocycles. The number of nitrogens with one attached hydrogen (secondary N) is 1. The maximum atomic E-state index is 4.58. The van der Waals surface area contributed by atoms with Crippen molar-refractivity contribution in [3.8, 4) is 5.69 Å². The van der Waals surface area contributed by atoms with Crippen LogP contribution in [0.25, 0.3) is 5.69 Å². The summed E-state index contributed by atoms with van der Waals surface area (Å²) in [6, 6.07) is 8.32. The standard InChI is InChI=1S/C12H13N3/c1-9-4-2-3-5-12(9)15-8-10-6-13-7-11(10)14-15/h2-5,8,13H,6-7H2,1H3. The van der Waals surface area contributed by atoms with E-state index in [9.17, 15) is 0 Å². The molecular formula is C12H13N3. The Labute approximate surface area is 88.7 Å². The molecule has 3 nitrogen and oxygen atoms in total. The molecule has 0 unspecified atom stereocenters. The average Bonchev–Trinajstić information content (AvgIpc) is 2.77. The zero-order valence-electron chi connectivity index (χ0n) is 8.70. The van der Waals surface area contributed by atoms with E-state index in [1.807, 2.05) is 10.7 Å². The van der Waals surface area contributed by atoms with Crippen molar-refractivity contribution in [1.82, 2.24) is 15.1 Å². The lowest BCUT2D eigenvalue weighted by Crippen LogP contribution is -2.05. The fraction of sp³-hybridized carbons (Fsp3) is 0.250. The van der Waals surface area contributed by atoms with Crippen molar-refractivity contribution < 1.29 is 0 Å². The van der Waals surface area contributed by atoms with Gasteiger partial charge in [-0.2, -0.15) is 5.10 Å². The zero-order chi connectivity index (χ0) is 10.3. The van der Waals surface area contributed by atoms with Crippen molar-refractivity contribution in [3.63, 3.8) is 0 Å². The molecule has 0 saturated heterocycles. The van der Waals surface area contributed by atoms with Gasteiger partial charge in [-0.05, 0) is 18.6 Å². The van der Waals surface area contributed by atoms with Crippen molar-refractivity contribution in [2.24, 2.45) is 0 Å². The molecule has 1 aromatic carbocycles. The van der Waals surface area contributed by atoms with Crippen molar-refractivity contribution in [2.45, 2.75) is 20.0 Å². The van der Waals surface area contributed by atoms with Crippen LogP contribution < -0.4 is 5.32 Å². The van der Waals surface area contributed by atoms with Crippen molar-refractivity contribution in [3.05, 3.63) is 47.3 Å². The molecule has 0 atom stereocenters. The first-order valence-electron chi connectivity index (χ1n) is 5.19. The van der Waals surface area contributed by atoms with Crippen LogP contribution in [0.1, 0.15) is 16.8 Å². The van der Waals surface area contributed by atoms with Gasteiger partial charge in [0, 0.05) is 24.8 Å². The van der Waals surface area contributed by atoms with Gasteiger partial charge in [0.1, 0.15) is 0 Å². The first-order chi connectivity index (χ1) is 7.34.